The van der Waals surface area contributed by atoms with Gasteiger partial charge >= 0.3 is 0 Å². The van der Waals surface area contributed by atoms with Gasteiger partial charge in [-0.05, 0) is 38.9 Å². The zero-order valence-corrected chi connectivity index (χ0v) is 10.4. The molecule has 0 bridgehead atoms. The van der Waals surface area contributed by atoms with Crippen molar-refractivity contribution in [3.8, 4) is 5.75 Å². The molecular formula is C13H22N2O. The molecule has 1 aromatic rings. The summed E-state index contributed by atoms with van der Waals surface area (Å²) in [4.78, 5) is 2.34. The Hall–Kier alpha value is -1.22. The van der Waals surface area contributed by atoms with Gasteiger partial charge in [0.25, 0.3) is 0 Å². The molecule has 3 heteroatoms. The highest BCUT2D eigenvalue weighted by Crippen LogP contribution is 2.22. The summed E-state index contributed by atoms with van der Waals surface area (Å²) < 4.78 is 5.24. The third kappa shape index (κ3) is 3.42. The van der Waals surface area contributed by atoms with Crippen molar-refractivity contribution in [1.82, 2.24) is 0 Å². The van der Waals surface area contributed by atoms with Crippen LogP contribution in [0, 0.1) is 0 Å². The van der Waals surface area contributed by atoms with E-state index in [9.17, 15) is 0 Å². The van der Waals surface area contributed by atoms with Crippen molar-refractivity contribution in [3.63, 3.8) is 0 Å². The molecule has 0 amide bonds. The number of anilines is 1. The van der Waals surface area contributed by atoms with Crippen LogP contribution in [0.25, 0.3) is 0 Å². The van der Waals surface area contributed by atoms with Gasteiger partial charge in [-0.3, -0.25) is 0 Å². The van der Waals surface area contributed by atoms with Crippen molar-refractivity contribution in [3.05, 3.63) is 24.3 Å². The molecule has 0 fully saturated rings. The predicted molar refractivity (Wildman–Crippen MR) is 69.1 cm³/mol. The number of hydrogen-bond acceptors (Lipinski definition) is 3. The maximum absolute atomic E-state index is 5.56. The van der Waals surface area contributed by atoms with Crippen molar-refractivity contribution in [2.45, 2.75) is 26.3 Å². The van der Waals surface area contributed by atoms with Crippen molar-refractivity contribution >= 4 is 5.69 Å². The van der Waals surface area contributed by atoms with E-state index in [0.29, 0.717) is 6.04 Å². The van der Waals surface area contributed by atoms with Crippen molar-refractivity contribution in [2.75, 3.05) is 25.1 Å². The molecule has 0 radical (unpaired) electrons. The topological polar surface area (TPSA) is 38.5 Å². The van der Waals surface area contributed by atoms with E-state index >= 15 is 0 Å². The van der Waals surface area contributed by atoms with Crippen LogP contribution in [0.15, 0.2) is 24.3 Å². The largest absolute Gasteiger partial charge is 0.497 e. The maximum atomic E-state index is 5.56. The monoisotopic (exact) mass is 222 g/mol. The van der Waals surface area contributed by atoms with Crippen LogP contribution in [-0.2, 0) is 0 Å². The molecule has 0 aromatic heterocycles. The minimum atomic E-state index is 0.471. The third-order valence-electron chi connectivity index (χ3n) is 2.61. The van der Waals surface area contributed by atoms with Gasteiger partial charge in [0, 0.05) is 24.3 Å². The summed E-state index contributed by atoms with van der Waals surface area (Å²) in [6.45, 7) is 6.10. The highest BCUT2D eigenvalue weighted by Gasteiger charge is 2.10. The van der Waals surface area contributed by atoms with Gasteiger partial charge in [-0.15, -0.1) is 0 Å². The molecule has 0 aliphatic heterocycles. The Kier molecular flexibility index (Phi) is 5.12. The smallest absolute Gasteiger partial charge is 0.120 e. The van der Waals surface area contributed by atoms with E-state index < -0.39 is 0 Å². The van der Waals surface area contributed by atoms with E-state index in [2.05, 4.69) is 30.9 Å². The lowest BCUT2D eigenvalue weighted by Gasteiger charge is -2.29. The van der Waals surface area contributed by atoms with Gasteiger partial charge in [0.2, 0.25) is 0 Å². The van der Waals surface area contributed by atoms with Crippen LogP contribution in [-0.4, -0.2) is 26.2 Å². The number of nitrogens with zero attached hydrogens (tertiary/aromatic N) is 1. The molecule has 0 aliphatic rings. The van der Waals surface area contributed by atoms with E-state index in [4.69, 9.17) is 10.5 Å². The summed E-state index contributed by atoms with van der Waals surface area (Å²) in [5.41, 5.74) is 6.76. The van der Waals surface area contributed by atoms with Gasteiger partial charge in [0.1, 0.15) is 5.75 Å². The molecule has 90 valence electrons. The highest BCUT2D eigenvalue weighted by molar-refractivity contribution is 5.51. The standard InChI is InChI=1S/C13H22N2O/c1-11(2)15(9-5-8-14)12-6-4-7-13(10-12)16-3/h4,6-7,10-11H,5,8-9,14H2,1-3H3. The number of ether oxygens (including phenoxy) is 1. The molecule has 0 aliphatic carbocycles. The second-order valence-corrected chi connectivity index (χ2v) is 4.13. The summed E-state index contributed by atoms with van der Waals surface area (Å²) in [5, 5.41) is 0. The van der Waals surface area contributed by atoms with Crippen molar-refractivity contribution in [2.24, 2.45) is 5.73 Å². The summed E-state index contributed by atoms with van der Waals surface area (Å²) in [6.07, 6.45) is 1.01. The van der Waals surface area contributed by atoms with Crippen LogP contribution in [0.3, 0.4) is 0 Å². The lowest BCUT2D eigenvalue weighted by Crippen LogP contribution is -2.32. The molecule has 0 saturated heterocycles. The second kappa shape index (κ2) is 6.38. The third-order valence-corrected chi connectivity index (χ3v) is 2.61. The molecule has 16 heavy (non-hydrogen) atoms. The van der Waals surface area contributed by atoms with Gasteiger partial charge in [-0.1, -0.05) is 6.07 Å². The molecule has 0 heterocycles. The fourth-order valence-electron chi connectivity index (χ4n) is 1.74. The Morgan fingerprint density at radius 2 is 2.12 bits per heavy atom. The van der Waals surface area contributed by atoms with Crippen LogP contribution >= 0.6 is 0 Å². The van der Waals surface area contributed by atoms with Crippen LogP contribution < -0.4 is 15.4 Å². The number of methoxy groups -OCH3 is 1. The molecule has 0 atom stereocenters. The van der Waals surface area contributed by atoms with Crippen molar-refractivity contribution in [1.29, 1.82) is 0 Å². The van der Waals surface area contributed by atoms with E-state index in [1.165, 1.54) is 5.69 Å². The van der Waals surface area contributed by atoms with Gasteiger partial charge in [-0.25, -0.2) is 0 Å². The Balaban J connectivity index is 2.82. The molecule has 0 unspecified atom stereocenters. The Morgan fingerprint density at radius 3 is 2.69 bits per heavy atom. The van der Waals surface area contributed by atoms with E-state index in [1.807, 2.05) is 12.1 Å². The lowest BCUT2D eigenvalue weighted by atomic mass is 10.2. The van der Waals surface area contributed by atoms with E-state index in [-0.39, 0.29) is 0 Å². The number of benzene rings is 1. The van der Waals surface area contributed by atoms with Gasteiger partial charge in [-0.2, -0.15) is 0 Å². The summed E-state index contributed by atoms with van der Waals surface area (Å²) >= 11 is 0. The second-order valence-electron chi connectivity index (χ2n) is 4.13. The SMILES string of the molecule is COc1cccc(N(CCCN)C(C)C)c1. The number of hydrogen-bond donors (Lipinski definition) is 1. The fraction of sp³-hybridized carbons (Fsp3) is 0.538. The number of rotatable bonds is 6. The Labute approximate surface area is 98.2 Å². The molecule has 1 aromatic carbocycles. The summed E-state index contributed by atoms with van der Waals surface area (Å²) in [7, 11) is 1.69. The lowest BCUT2D eigenvalue weighted by molar-refractivity contribution is 0.414. The molecule has 0 spiro atoms. The molecule has 0 saturated carbocycles. The van der Waals surface area contributed by atoms with Gasteiger partial charge in [0.05, 0.1) is 7.11 Å². The number of nitrogens with two attached hydrogens (primary N) is 1. The predicted octanol–water partition coefficient (Wildman–Crippen LogP) is 2.26. The van der Waals surface area contributed by atoms with Crippen LogP contribution in [0.4, 0.5) is 5.69 Å². The zero-order valence-electron chi connectivity index (χ0n) is 10.4. The Morgan fingerprint density at radius 1 is 1.38 bits per heavy atom. The fourth-order valence-corrected chi connectivity index (χ4v) is 1.74. The quantitative estimate of drug-likeness (QED) is 0.802. The normalized spacial score (nSPS) is 10.6. The first-order valence-electron chi connectivity index (χ1n) is 5.79. The molecule has 1 rings (SSSR count). The van der Waals surface area contributed by atoms with Crippen molar-refractivity contribution < 1.29 is 4.74 Å². The Bertz CT molecular complexity index is 313. The maximum Gasteiger partial charge on any atom is 0.120 e. The summed E-state index contributed by atoms with van der Waals surface area (Å²) in [6, 6.07) is 8.63. The van der Waals surface area contributed by atoms with E-state index in [0.717, 1.165) is 25.3 Å². The first kappa shape index (κ1) is 12.8. The van der Waals surface area contributed by atoms with Gasteiger partial charge < -0.3 is 15.4 Å². The highest BCUT2D eigenvalue weighted by atomic mass is 16.5. The minimum absolute atomic E-state index is 0.471. The first-order valence-corrected chi connectivity index (χ1v) is 5.79. The molecule has 2 N–H and O–H groups in total. The minimum Gasteiger partial charge on any atom is -0.497 e. The molecule has 3 nitrogen and oxygen atoms in total. The first-order chi connectivity index (χ1) is 7.69. The van der Waals surface area contributed by atoms with Crippen LogP contribution in [0.1, 0.15) is 20.3 Å². The van der Waals surface area contributed by atoms with Crippen LogP contribution in [0.2, 0.25) is 0 Å². The molecular weight excluding hydrogens is 200 g/mol. The van der Waals surface area contributed by atoms with Gasteiger partial charge in [0.15, 0.2) is 0 Å². The van der Waals surface area contributed by atoms with Crippen LogP contribution in [0.5, 0.6) is 5.75 Å². The van der Waals surface area contributed by atoms with E-state index in [1.54, 1.807) is 7.11 Å². The average Bonchev–Trinajstić information content (AvgIpc) is 2.29. The summed E-state index contributed by atoms with van der Waals surface area (Å²) in [5.74, 6) is 0.899. The average molecular weight is 222 g/mol. The zero-order chi connectivity index (χ0) is 12.0.